The van der Waals surface area contributed by atoms with Crippen molar-refractivity contribution in [2.45, 2.75) is 6.92 Å². The second-order valence-electron chi connectivity index (χ2n) is 3.19. The number of pyridine rings is 1. The van der Waals surface area contributed by atoms with E-state index in [0.29, 0.717) is 5.15 Å². The Labute approximate surface area is 102 Å². The van der Waals surface area contributed by atoms with Gasteiger partial charge in [0.25, 0.3) is 0 Å². The van der Waals surface area contributed by atoms with Crippen LogP contribution < -0.4 is 0 Å². The molecule has 3 heteroatoms. The van der Waals surface area contributed by atoms with Crippen LogP contribution in [0.1, 0.15) is 12.5 Å². The fraction of sp³-hybridized carbons (Fsp3) is 0.0833. The minimum Gasteiger partial charge on any atom is -0.244 e. The van der Waals surface area contributed by atoms with Crippen molar-refractivity contribution in [1.82, 2.24) is 4.98 Å². The minimum atomic E-state index is 0.520. The maximum Gasteiger partial charge on any atom is 0.129 e. The molecule has 1 heterocycles. The van der Waals surface area contributed by atoms with Crippen molar-refractivity contribution in [3.63, 3.8) is 0 Å². The largest absolute Gasteiger partial charge is 0.244 e. The van der Waals surface area contributed by atoms with Gasteiger partial charge in [-0.1, -0.05) is 45.7 Å². The lowest BCUT2D eigenvalue weighted by Crippen LogP contribution is -1.83. The lowest BCUT2D eigenvalue weighted by Gasteiger charge is -2.04. The van der Waals surface area contributed by atoms with Crippen LogP contribution >= 0.6 is 27.5 Å². The predicted molar refractivity (Wildman–Crippen MR) is 69.2 cm³/mol. The number of hydrogen-bond acceptors (Lipinski definition) is 1. The van der Waals surface area contributed by atoms with Gasteiger partial charge in [0.15, 0.2) is 0 Å². The summed E-state index contributed by atoms with van der Waals surface area (Å²) in [6, 6.07) is 5.97. The molecule has 1 nitrogen and oxygen atoms in total. The molecule has 0 aliphatic rings. The molecule has 76 valence electrons. The number of rotatable bonds is 1. The summed E-state index contributed by atoms with van der Waals surface area (Å²) >= 11 is 9.39. The third-order valence-electron chi connectivity index (χ3n) is 2.19. The number of allylic oxidation sites excluding steroid dienone is 1. The molecule has 0 unspecified atom stereocenters. The van der Waals surface area contributed by atoms with Crippen LogP contribution in [0.3, 0.4) is 0 Å². The lowest BCUT2D eigenvalue weighted by molar-refractivity contribution is 1.36. The SMILES string of the molecule is CC=Cc1ccc(Br)c2cnc(Cl)cc12. The van der Waals surface area contributed by atoms with E-state index in [4.69, 9.17) is 11.6 Å². The van der Waals surface area contributed by atoms with Gasteiger partial charge in [-0.15, -0.1) is 0 Å². The Bertz CT molecular complexity index is 534. The van der Waals surface area contributed by atoms with E-state index in [9.17, 15) is 0 Å². The van der Waals surface area contributed by atoms with Crippen molar-refractivity contribution in [2.24, 2.45) is 0 Å². The summed E-state index contributed by atoms with van der Waals surface area (Å²) in [5.74, 6) is 0. The quantitative estimate of drug-likeness (QED) is 0.692. The van der Waals surface area contributed by atoms with Gasteiger partial charge in [-0.05, 0) is 30.0 Å². The molecule has 0 bridgehead atoms. The molecule has 0 amide bonds. The zero-order chi connectivity index (χ0) is 10.8. The number of halogens is 2. The third-order valence-corrected chi connectivity index (χ3v) is 3.09. The Kier molecular flexibility index (Phi) is 3.08. The van der Waals surface area contributed by atoms with Crippen LogP contribution in [-0.2, 0) is 0 Å². The van der Waals surface area contributed by atoms with E-state index in [2.05, 4.69) is 33.1 Å². The van der Waals surface area contributed by atoms with Gasteiger partial charge < -0.3 is 0 Å². The van der Waals surface area contributed by atoms with Crippen molar-refractivity contribution in [3.05, 3.63) is 45.7 Å². The monoisotopic (exact) mass is 281 g/mol. The number of nitrogens with zero attached hydrogens (tertiary/aromatic N) is 1. The van der Waals surface area contributed by atoms with E-state index in [1.54, 1.807) is 6.20 Å². The zero-order valence-electron chi connectivity index (χ0n) is 8.17. The van der Waals surface area contributed by atoms with Crippen molar-refractivity contribution in [1.29, 1.82) is 0 Å². The Hall–Kier alpha value is -0.860. The second kappa shape index (κ2) is 4.33. The van der Waals surface area contributed by atoms with Crippen molar-refractivity contribution >= 4 is 44.4 Å². The molecule has 0 atom stereocenters. The van der Waals surface area contributed by atoms with Crippen LogP contribution in [0, 0.1) is 0 Å². The highest BCUT2D eigenvalue weighted by atomic mass is 79.9. The highest BCUT2D eigenvalue weighted by Gasteiger charge is 2.03. The van der Waals surface area contributed by atoms with Gasteiger partial charge in [0.05, 0.1) is 0 Å². The molecular formula is C12H9BrClN. The summed E-state index contributed by atoms with van der Waals surface area (Å²) < 4.78 is 1.04. The molecule has 0 saturated carbocycles. The molecule has 0 saturated heterocycles. The summed E-state index contributed by atoms with van der Waals surface area (Å²) in [4.78, 5) is 4.08. The Morgan fingerprint density at radius 3 is 2.87 bits per heavy atom. The Balaban J connectivity index is 2.83. The molecule has 2 aromatic rings. The van der Waals surface area contributed by atoms with Gasteiger partial charge in [-0.25, -0.2) is 4.98 Å². The first kappa shape index (κ1) is 10.7. The predicted octanol–water partition coefficient (Wildman–Crippen LogP) is 4.68. The van der Waals surface area contributed by atoms with Gasteiger partial charge >= 0.3 is 0 Å². The zero-order valence-corrected chi connectivity index (χ0v) is 10.5. The summed E-state index contributed by atoms with van der Waals surface area (Å²) in [5.41, 5.74) is 1.15. The molecule has 0 N–H and O–H groups in total. The first-order valence-electron chi connectivity index (χ1n) is 4.59. The number of fused-ring (bicyclic) bond motifs is 1. The first-order chi connectivity index (χ1) is 7.22. The van der Waals surface area contributed by atoms with Crippen LogP contribution in [0.4, 0.5) is 0 Å². The van der Waals surface area contributed by atoms with Gasteiger partial charge in [0.1, 0.15) is 5.15 Å². The molecular weight excluding hydrogens is 273 g/mol. The van der Waals surface area contributed by atoms with E-state index in [1.165, 1.54) is 0 Å². The highest BCUT2D eigenvalue weighted by Crippen LogP contribution is 2.28. The highest BCUT2D eigenvalue weighted by molar-refractivity contribution is 9.10. The summed E-state index contributed by atoms with van der Waals surface area (Å²) in [6.07, 6.45) is 5.86. The van der Waals surface area contributed by atoms with Crippen molar-refractivity contribution < 1.29 is 0 Å². The fourth-order valence-corrected chi connectivity index (χ4v) is 2.13. The smallest absolute Gasteiger partial charge is 0.129 e. The van der Waals surface area contributed by atoms with Crippen molar-refractivity contribution in [3.8, 4) is 0 Å². The second-order valence-corrected chi connectivity index (χ2v) is 4.43. The van der Waals surface area contributed by atoms with Crippen LogP contribution in [-0.4, -0.2) is 4.98 Å². The Morgan fingerprint density at radius 1 is 1.33 bits per heavy atom. The topological polar surface area (TPSA) is 12.9 Å². The van der Waals surface area contributed by atoms with Gasteiger partial charge in [-0.3, -0.25) is 0 Å². The molecule has 2 rings (SSSR count). The average molecular weight is 283 g/mol. The standard InChI is InChI=1S/C12H9BrClN/c1-2-3-8-4-5-11(13)10-7-15-12(14)6-9(8)10/h2-7H,1H3. The maximum atomic E-state index is 5.89. The van der Waals surface area contributed by atoms with E-state index < -0.39 is 0 Å². The van der Waals surface area contributed by atoms with Crippen molar-refractivity contribution in [2.75, 3.05) is 0 Å². The molecule has 1 aromatic heterocycles. The number of hydrogen-bond donors (Lipinski definition) is 0. The molecule has 1 aromatic carbocycles. The average Bonchev–Trinajstić information content (AvgIpc) is 2.22. The maximum absolute atomic E-state index is 5.89. The molecule has 0 spiro atoms. The summed E-state index contributed by atoms with van der Waals surface area (Å²) in [6.45, 7) is 2.00. The fourth-order valence-electron chi connectivity index (χ4n) is 1.53. The summed E-state index contributed by atoms with van der Waals surface area (Å²) in [7, 11) is 0. The van der Waals surface area contributed by atoms with Crippen LogP contribution in [0.2, 0.25) is 5.15 Å². The third kappa shape index (κ3) is 2.06. The molecule has 0 aliphatic carbocycles. The van der Waals surface area contributed by atoms with Crippen LogP contribution in [0.15, 0.2) is 34.9 Å². The van der Waals surface area contributed by atoms with Crippen LogP contribution in [0.25, 0.3) is 16.8 Å². The van der Waals surface area contributed by atoms with Gasteiger partial charge in [0, 0.05) is 16.1 Å². The van der Waals surface area contributed by atoms with Gasteiger partial charge in [-0.2, -0.15) is 0 Å². The molecule has 15 heavy (non-hydrogen) atoms. The first-order valence-corrected chi connectivity index (χ1v) is 5.76. The number of benzene rings is 1. The lowest BCUT2D eigenvalue weighted by atomic mass is 10.1. The molecule has 0 fully saturated rings. The summed E-state index contributed by atoms with van der Waals surface area (Å²) in [5, 5.41) is 2.71. The van der Waals surface area contributed by atoms with Gasteiger partial charge in [0.2, 0.25) is 0 Å². The minimum absolute atomic E-state index is 0.520. The molecule has 0 radical (unpaired) electrons. The van der Waals surface area contributed by atoms with Crippen LogP contribution in [0.5, 0.6) is 0 Å². The number of aromatic nitrogens is 1. The Morgan fingerprint density at radius 2 is 2.13 bits per heavy atom. The molecule has 0 aliphatic heterocycles. The van der Waals surface area contributed by atoms with E-state index in [-0.39, 0.29) is 0 Å². The normalized spacial score (nSPS) is 11.4. The van der Waals surface area contributed by atoms with E-state index >= 15 is 0 Å². The van der Waals surface area contributed by atoms with E-state index in [1.807, 2.05) is 25.1 Å². The van der Waals surface area contributed by atoms with E-state index in [0.717, 1.165) is 20.8 Å².